The van der Waals surface area contributed by atoms with Crippen LogP contribution in [0.5, 0.6) is 0 Å². The van der Waals surface area contributed by atoms with Crippen molar-refractivity contribution < 1.29 is 8.78 Å². The summed E-state index contributed by atoms with van der Waals surface area (Å²) in [6, 6.07) is 1.98. The van der Waals surface area contributed by atoms with Gasteiger partial charge in [-0.25, -0.2) is 8.78 Å². The Morgan fingerprint density at radius 2 is 1.94 bits per heavy atom. The molecule has 1 aliphatic heterocycles. The second-order valence-corrected chi connectivity index (χ2v) is 5.44. The number of nitrogens with zero attached hydrogens (tertiary/aromatic N) is 2. The molecule has 0 bridgehead atoms. The molecular formula is C14H18F2N2. The molecule has 0 aromatic carbocycles. The molecule has 0 saturated heterocycles. The van der Waals surface area contributed by atoms with Gasteiger partial charge in [-0.1, -0.05) is 6.92 Å². The van der Waals surface area contributed by atoms with E-state index in [1.54, 1.807) is 6.92 Å². The number of aryl methyl sites for hydroxylation is 3. The Hall–Kier alpha value is -1.32. The Bertz CT molecular complexity index is 486. The van der Waals surface area contributed by atoms with Crippen LogP contribution in [0, 0.1) is 26.2 Å². The smallest absolute Gasteiger partial charge is 0.246 e. The molecule has 1 atom stereocenters. The largest absolute Gasteiger partial charge is 0.288 e. The SMILES string of the molecule is Cc1cc(C)c(C2=NCC(C)(C(F)F)C2)c(C)n1. The zero-order chi connectivity index (χ0) is 13.5. The number of aromatic nitrogens is 1. The van der Waals surface area contributed by atoms with Gasteiger partial charge in [0.1, 0.15) is 0 Å². The van der Waals surface area contributed by atoms with Crippen LogP contribution in [0.15, 0.2) is 11.1 Å². The standard InChI is InChI=1S/C14H18F2N2/c1-8-5-9(2)18-10(3)12(8)11-6-14(4,7-17-11)13(15)16/h5,13H,6-7H2,1-4H3. The van der Waals surface area contributed by atoms with Gasteiger partial charge < -0.3 is 0 Å². The summed E-state index contributed by atoms with van der Waals surface area (Å²) in [7, 11) is 0. The number of pyridine rings is 1. The van der Waals surface area contributed by atoms with Crippen LogP contribution >= 0.6 is 0 Å². The molecule has 2 nitrogen and oxygen atoms in total. The Kier molecular flexibility index (Phi) is 3.21. The van der Waals surface area contributed by atoms with Crippen LogP contribution in [-0.2, 0) is 0 Å². The van der Waals surface area contributed by atoms with Crippen molar-refractivity contribution in [3.63, 3.8) is 0 Å². The molecule has 0 fully saturated rings. The van der Waals surface area contributed by atoms with Gasteiger partial charge in [0.15, 0.2) is 0 Å². The van der Waals surface area contributed by atoms with Crippen molar-refractivity contribution >= 4 is 5.71 Å². The van der Waals surface area contributed by atoms with E-state index in [9.17, 15) is 8.78 Å². The highest BCUT2D eigenvalue weighted by atomic mass is 19.3. The van der Waals surface area contributed by atoms with Gasteiger partial charge in [0, 0.05) is 29.1 Å². The van der Waals surface area contributed by atoms with Gasteiger partial charge in [0.25, 0.3) is 0 Å². The van der Waals surface area contributed by atoms with Crippen LogP contribution in [0.4, 0.5) is 8.78 Å². The monoisotopic (exact) mass is 252 g/mol. The molecule has 4 heteroatoms. The summed E-state index contributed by atoms with van der Waals surface area (Å²) in [5.74, 6) is 0. The van der Waals surface area contributed by atoms with Crippen LogP contribution in [0.2, 0.25) is 0 Å². The van der Waals surface area contributed by atoms with Crippen molar-refractivity contribution in [2.45, 2.75) is 40.5 Å². The highest BCUT2D eigenvalue weighted by Gasteiger charge is 2.40. The molecule has 0 aliphatic carbocycles. The van der Waals surface area contributed by atoms with E-state index < -0.39 is 11.8 Å². The summed E-state index contributed by atoms with van der Waals surface area (Å²) in [6.45, 7) is 7.63. The Morgan fingerprint density at radius 3 is 2.44 bits per heavy atom. The first-order valence-electron chi connectivity index (χ1n) is 6.10. The van der Waals surface area contributed by atoms with Crippen molar-refractivity contribution in [2.75, 3.05) is 6.54 Å². The summed E-state index contributed by atoms with van der Waals surface area (Å²) in [6.07, 6.45) is -2.00. The molecule has 2 rings (SSSR count). The maximum absolute atomic E-state index is 13.0. The first-order chi connectivity index (χ1) is 8.33. The quantitative estimate of drug-likeness (QED) is 0.791. The molecule has 2 heterocycles. The van der Waals surface area contributed by atoms with Crippen LogP contribution in [-0.4, -0.2) is 23.7 Å². The summed E-state index contributed by atoms with van der Waals surface area (Å²) < 4.78 is 26.0. The van der Waals surface area contributed by atoms with Gasteiger partial charge in [-0.3, -0.25) is 9.98 Å². The van der Waals surface area contributed by atoms with Gasteiger partial charge in [-0.05, 0) is 32.4 Å². The van der Waals surface area contributed by atoms with Gasteiger partial charge in [-0.2, -0.15) is 0 Å². The zero-order valence-electron chi connectivity index (χ0n) is 11.2. The summed E-state index contributed by atoms with van der Waals surface area (Å²) in [5.41, 5.74) is 3.61. The zero-order valence-corrected chi connectivity index (χ0v) is 11.2. The van der Waals surface area contributed by atoms with E-state index >= 15 is 0 Å². The lowest BCUT2D eigenvalue weighted by molar-refractivity contribution is 0.0233. The normalized spacial score (nSPS) is 23.6. The molecule has 0 saturated carbocycles. The molecule has 18 heavy (non-hydrogen) atoms. The molecule has 0 N–H and O–H groups in total. The topological polar surface area (TPSA) is 25.2 Å². The van der Waals surface area contributed by atoms with E-state index in [-0.39, 0.29) is 6.54 Å². The van der Waals surface area contributed by atoms with E-state index in [2.05, 4.69) is 9.98 Å². The lowest BCUT2D eigenvalue weighted by Crippen LogP contribution is -2.27. The second kappa shape index (κ2) is 4.41. The molecule has 0 amide bonds. The summed E-state index contributed by atoms with van der Waals surface area (Å²) in [5, 5.41) is 0. The Morgan fingerprint density at radius 1 is 1.28 bits per heavy atom. The van der Waals surface area contributed by atoms with Crippen molar-refractivity contribution in [3.8, 4) is 0 Å². The minimum atomic E-state index is -2.34. The maximum atomic E-state index is 13.0. The van der Waals surface area contributed by atoms with Gasteiger partial charge in [0.05, 0.1) is 12.0 Å². The fraction of sp³-hybridized carbons (Fsp3) is 0.571. The minimum absolute atomic E-state index is 0.201. The van der Waals surface area contributed by atoms with Gasteiger partial charge in [-0.15, -0.1) is 0 Å². The van der Waals surface area contributed by atoms with E-state index in [1.165, 1.54) is 0 Å². The molecule has 1 aliphatic rings. The third kappa shape index (κ3) is 2.16. The predicted molar refractivity (Wildman–Crippen MR) is 68.6 cm³/mol. The minimum Gasteiger partial charge on any atom is -0.288 e. The van der Waals surface area contributed by atoms with E-state index in [1.807, 2.05) is 26.8 Å². The third-order valence-corrected chi connectivity index (χ3v) is 3.54. The molecule has 0 spiro atoms. The van der Waals surface area contributed by atoms with E-state index in [0.717, 1.165) is 28.2 Å². The first-order valence-corrected chi connectivity index (χ1v) is 6.10. The van der Waals surface area contributed by atoms with Crippen LogP contribution in [0.1, 0.15) is 35.9 Å². The van der Waals surface area contributed by atoms with E-state index in [4.69, 9.17) is 0 Å². The lowest BCUT2D eigenvalue weighted by atomic mass is 9.85. The Labute approximate surface area is 106 Å². The second-order valence-electron chi connectivity index (χ2n) is 5.44. The molecule has 98 valence electrons. The van der Waals surface area contributed by atoms with Crippen molar-refractivity contribution in [3.05, 3.63) is 28.6 Å². The first kappa shape index (κ1) is 13.1. The molecule has 1 aromatic heterocycles. The number of rotatable bonds is 2. The number of hydrogen-bond donors (Lipinski definition) is 0. The fourth-order valence-corrected chi connectivity index (χ4v) is 2.54. The average Bonchev–Trinajstić information content (AvgIpc) is 2.60. The summed E-state index contributed by atoms with van der Waals surface area (Å²) in [4.78, 5) is 8.73. The van der Waals surface area contributed by atoms with Crippen LogP contribution in [0.25, 0.3) is 0 Å². The number of aliphatic imine (C=N–C) groups is 1. The van der Waals surface area contributed by atoms with Crippen molar-refractivity contribution in [1.82, 2.24) is 4.98 Å². The lowest BCUT2D eigenvalue weighted by Gasteiger charge is -2.21. The number of hydrogen-bond acceptors (Lipinski definition) is 2. The number of alkyl halides is 2. The molecule has 1 unspecified atom stereocenters. The highest BCUT2D eigenvalue weighted by Crippen LogP contribution is 2.37. The van der Waals surface area contributed by atoms with E-state index in [0.29, 0.717) is 6.42 Å². The van der Waals surface area contributed by atoms with Gasteiger partial charge in [0.2, 0.25) is 6.43 Å². The average molecular weight is 252 g/mol. The fourth-order valence-electron chi connectivity index (χ4n) is 2.54. The summed E-state index contributed by atoms with van der Waals surface area (Å²) >= 11 is 0. The molecular weight excluding hydrogens is 234 g/mol. The van der Waals surface area contributed by atoms with Crippen molar-refractivity contribution in [1.29, 1.82) is 0 Å². The predicted octanol–water partition coefficient (Wildman–Crippen LogP) is 3.47. The number of halogens is 2. The molecule has 0 radical (unpaired) electrons. The maximum Gasteiger partial charge on any atom is 0.246 e. The van der Waals surface area contributed by atoms with Gasteiger partial charge >= 0.3 is 0 Å². The molecule has 1 aromatic rings. The Balaban J connectivity index is 2.36. The third-order valence-electron chi connectivity index (χ3n) is 3.54. The highest BCUT2D eigenvalue weighted by molar-refractivity contribution is 6.04. The van der Waals surface area contributed by atoms with Crippen molar-refractivity contribution in [2.24, 2.45) is 10.4 Å². The van der Waals surface area contributed by atoms with Crippen LogP contribution < -0.4 is 0 Å². The van der Waals surface area contributed by atoms with Crippen LogP contribution in [0.3, 0.4) is 0 Å².